The molecule has 0 aliphatic heterocycles. The Kier molecular flexibility index (Phi) is 9.61. The van der Waals surface area contributed by atoms with Crippen LogP contribution in [-0.2, 0) is 16.2 Å². The van der Waals surface area contributed by atoms with Gasteiger partial charge in [-0.15, -0.1) is 4.72 Å². The van der Waals surface area contributed by atoms with Crippen molar-refractivity contribution in [3.63, 3.8) is 0 Å². The number of rotatable bonds is 9. The predicted octanol–water partition coefficient (Wildman–Crippen LogP) is 1.28. The van der Waals surface area contributed by atoms with Gasteiger partial charge in [0.05, 0.1) is 18.2 Å². The molecule has 0 aromatic heterocycles. The third-order valence-electron chi connectivity index (χ3n) is 3.75. The molecule has 1 amide bonds. The van der Waals surface area contributed by atoms with Crippen molar-refractivity contribution < 1.29 is 19.6 Å². The summed E-state index contributed by atoms with van der Waals surface area (Å²) in [6.07, 6.45) is 6.44. The number of aliphatic hydroxyl groups excluding tert-OH is 2. The molecule has 6 nitrogen and oxygen atoms in total. The van der Waals surface area contributed by atoms with Crippen molar-refractivity contribution >= 4 is 17.3 Å². The van der Waals surface area contributed by atoms with Crippen molar-refractivity contribution in [1.29, 1.82) is 0 Å². The van der Waals surface area contributed by atoms with Crippen LogP contribution in [0.4, 0.5) is 0 Å². The number of aliphatic hydroxyl groups is 2. The maximum atomic E-state index is 11.9. The van der Waals surface area contributed by atoms with Crippen molar-refractivity contribution in [1.82, 2.24) is 10.0 Å². The highest BCUT2D eigenvalue weighted by Gasteiger charge is 2.22. The molecule has 24 heavy (non-hydrogen) atoms. The number of hydrogen-bond donors (Lipinski definition) is 4. The van der Waals surface area contributed by atoms with Gasteiger partial charge in [0.15, 0.2) is 0 Å². The lowest BCUT2D eigenvalue weighted by atomic mass is 9.98. The summed E-state index contributed by atoms with van der Waals surface area (Å²) in [4.78, 5) is 11.9. The highest BCUT2D eigenvalue weighted by molar-refractivity contribution is 7.90. The first-order valence-corrected chi connectivity index (χ1v) is 9.73. The number of carbonyl (C=O) groups excluding carboxylic acids is 1. The van der Waals surface area contributed by atoms with Gasteiger partial charge >= 0.3 is 0 Å². The molecule has 1 aliphatic carbocycles. The average Bonchev–Trinajstić information content (AvgIpc) is 2.51. The second kappa shape index (κ2) is 10.9. The fourth-order valence-corrected chi connectivity index (χ4v) is 3.09. The standard InChI is InChI=1S/C17H30N2O4S/c1-4-6-13(19-24(23)12(2)3)7-5-8-17(22)18-14-9-10-15(20)16(21)11-14/h5,7,9,12-13,15-16,19-21H,4,6,8,10-11H2,1-3H3,(H,18,22)/b7-5-. The van der Waals surface area contributed by atoms with Crippen molar-refractivity contribution in [2.75, 3.05) is 0 Å². The zero-order valence-corrected chi connectivity index (χ0v) is 15.5. The van der Waals surface area contributed by atoms with Crippen LogP contribution in [0.15, 0.2) is 23.9 Å². The quantitative estimate of drug-likeness (QED) is 0.367. The van der Waals surface area contributed by atoms with E-state index in [9.17, 15) is 19.6 Å². The van der Waals surface area contributed by atoms with Crippen LogP contribution in [0.1, 0.15) is 52.9 Å². The normalized spacial score (nSPS) is 24.0. The highest BCUT2D eigenvalue weighted by Crippen LogP contribution is 2.17. The van der Waals surface area contributed by atoms with Crippen molar-refractivity contribution in [3.05, 3.63) is 23.9 Å². The van der Waals surface area contributed by atoms with Crippen molar-refractivity contribution in [2.24, 2.45) is 0 Å². The molecule has 138 valence electrons. The molecule has 1 rings (SSSR count). The Labute approximate surface area is 147 Å². The summed E-state index contributed by atoms with van der Waals surface area (Å²) < 4.78 is 14.9. The van der Waals surface area contributed by atoms with Gasteiger partial charge in [0.1, 0.15) is 5.25 Å². The second-order valence-corrected chi connectivity index (χ2v) is 8.12. The molecule has 0 aromatic rings. The Morgan fingerprint density at radius 3 is 2.75 bits per heavy atom. The van der Waals surface area contributed by atoms with E-state index in [2.05, 4.69) is 17.0 Å². The van der Waals surface area contributed by atoms with E-state index in [0.29, 0.717) is 12.1 Å². The van der Waals surface area contributed by atoms with Crippen LogP contribution in [0.25, 0.3) is 0 Å². The Morgan fingerprint density at radius 1 is 1.46 bits per heavy atom. The van der Waals surface area contributed by atoms with Crippen molar-refractivity contribution in [3.8, 4) is 0 Å². The molecule has 7 heteroatoms. The van der Waals surface area contributed by atoms with Gasteiger partial charge in [-0.1, -0.05) is 31.6 Å². The fourth-order valence-electron chi connectivity index (χ4n) is 2.33. The summed E-state index contributed by atoms with van der Waals surface area (Å²) in [5, 5.41) is 21.8. The van der Waals surface area contributed by atoms with Gasteiger partial charge < -0.3 is 20.1 Å². The molecule has 0 heterocycles. The Bertz CT molecular complexity index is 454. The summed E-state index contributed by atoms with van der Waals surface area (Å²) in [5.74, 6) is -0.165. The van der Waals surface area contributed by atoms with Gasteiger partial charge in [-0.25, -0.2) is 0 Å². The van der Waals surface area contributed by atoms with Gasteiger partial charge in [-0.05, 0) is 26.7 Å². The molecule has 0 saturated carbocycles. The van der Waals surface area contributed by atoms with Crippen LogP contribution in [0.3, 0.4) is 0 Å². The van der Waals surface area contributed by atoms with Gasteiger partial charge in [-0.2, -0.15) is 0 Å². The van der Waals surface area contributed by atoms with Gasteiger partial charge in [0.2, 0.25) is 5.91 Å². The van der Waals surface area contributed by atoms with Gasteiger partial charge in [-0.3, -0.25) is 4.79 Å². The van der Waals surface area contributed by atoms with E-state index in [1.54, 1.807) is 12.2 Å². The third-order valence-corrected chi connectivity index (χ3v) is 5.14. The van der Waals surface area contributed by atoms with Crippen molar-refractivity contribution in [2.45, 2.75) is 76.4 Å². The average molecular weight is 359 g/mol. The molecule has 0 aromatic carbocycles. The van der Waals surface area contributed by atoms with Crippen LogP contribution >= 0.6 is 0 Å². The van der Waals surface area contributed by atoms with E-state index >= 15 is 0 Å². The van der Waals surface area contributed by atoms with Gasteiger partial charge in [0, 0.05) is 29.9 Å². The Hall–Kier alpha value is -0.860. The summed E-state index contributed by atoms with van der Waals surface area (Å²) in [6.45, 7) is 5.85. The first-order valence-electron chi connectivity index (χ1n) is 8.51. The van der Waals surface area contributed by atoms with E-state index in [0.717, 1.165) is 12.8 Å². The number of hydrogen-bond acceptors (Lipinski definition) is 5. The third kappa shape index (κ3) is 7.81. The van der Waals surface area contributed by atoms with Crippen LogP contribution in [0.2, 0.25) is 0 Å². The molecule has 4 unspecified atom stereocenters. The highest BCUT2D eigenvalue weighted by atomic mass is 32.2. The Balaban J connectivity index is 2.44. The van der Waals surface area contributed by atoms with Crippen LogP contribution in [0.5, 0.6) is 0 Å². The number of amides is 1. The minimum Gasteiger partial charge on any atom is -0.598 e. The SMILES string of the molecule is CCCC(/C=C\CC(=O)NC1=CCC(O)C(O)C1)N[S+]([O-])C(C)C. The number of carbonyl (C=O) groups is 1. The minimum absolute atomic E-state index is 0.0168. The lowest BCUT2D eigenvalue weighted by Crippen LogP contribution is -2.38. The summed E-state index contributed by atoms with van der Waals surface area (Å²) in [7, 11) is 0. The largest absolute Gasteiger partial charge is 0.598 e. The van der Waals surface area contributed by atoms with Gasteiger partial charge in [0.25, 0.3) is 0 Å². The predicted molar refractivity (Wildman–Crippen MR) is 96.3 cm³/mol. The molecular weight excluding hydrogens is 328 g/mol. The van der Waals surface area contributed by atoms with E-state index in [1.807, 2.05) is 19.9 Å². The van der Waals surface area contributed by atoms with E-state index in [-0.39, 0.29) is 30.0 Å². The smallest absolute Gasteiger partial charge is 0.227 e. The molecule has 0 radical (unpaired) electrons. The molecule has 0 fully saturated rings. The molecule has 0 spiro atoms. The molecular formula is C17H30N2O4S. The topological polar surface area (TPSA) is 105 Å². The second-order valence-electron chi connectivity index (χ2n) is 6.34. The molecule has 4 atom stereocenters. The van der Waals surface area contributed by atoms with Crippen LogP contribution < -0.4 is 10.0 Å². The number of nitrogens with one attached hydrogen (secondary N) is 2. The first-order chi connectivity index (χ1) is 11.3. The monoisotopic (exact) mass is 358 g/mol. The Morgan fingerprint density at radius 2 is 2.17 bits per heavy atom. The fraction of sp³-hybridized carbons (Fsp3) is 0.706. The maximum absolute atomic E-state index is 11.9. The lowest BCUT2D eigenvalue weighted by Gasteiger charge is -2.23. The molecule has 0 saturated heterocycles. The van der Waals surface area contributed by atoms with Crippen LogP contribution in [-0.4, -0.2) is 44.2 Å². The summed E-state index contributed by atoms with van der Waals surface area (Å²) in [6, 6.07) is -0.0168. The molecule has 1 aliphatic rings. The first kappa shape index (κ1) is 21.2. The molecule has 4 N–H and O–H groups in total. The zero-order chi connectivity index (χ0) is 18.1. The lowest BCUT2D eigenvalue weighted by molar-refractivity contribution is -0.119. The summed E-state index contributed by atoms with van der Waals surface area (Å²) in [5.41, 5.74) is 0.648. The molecule has 0 bridgehead atoms. The zero-order valence-electron chi connectivity index (χ0n) is 14.7. The van der Waals surface area contributed by atoms with E-state index in [1.165, 1.54) is 0 Å². The summed E-state index contributed by atoms with van der Waals surface area (Å²) >= 11 is -1.09. The van der Waals surface area contributed by atoms with E-state index < -0.39 is 23.6 Å². The van der Waals surface area contributed by atoms with Crippen LogP contribution in [0, 0.1) is 0 Å². The van der Waals surface area contributed by atoms with E-state index in [4.69, 9.17) is 0 Å². The minimum atomic E-state index is -1.09. The maximum Gasteiger partial charge on any atom is 0.227 e.